The van der Waals surface area contributed by atoms with Crippen LogP contribution in [-0.2, 0) is 9.59 Å². The van der Waals surface area contributed by atoms with Crippen LogP contribution < -0.4 is 10.6 Å². The number of hydrogen-bond acceptors (Lipinski definition) is 3. The molecule has 110 valence electrons. The van der Waals surface area contributed by atoms with E-state index >= 15 is 0 Å². The molecule has 0 aromatic rings. The monoisotopic (exact) mass is 270 g/mol. The van der Waals surface area contributed by atoms with E-state index < -0.39 is 5.97 Å². The lowest BCUT2D eigenvalue weighted by Crippen LogP contribution is -2.41. The standard InChI is InChI=1S/C14H26N2O3/c1-14(2,3)9-11(8-13(18)19)16-12(17)7-10-5-4-6-15-10/h10-11,15H,4-9H2,1-3H3,(H,16,17)(H,18,19). The molecule has 0 bridgehead atoms. The Bertz CT molecular complexity index is 317. The summed E-state index contributed by atoms with van der Waals surface area (Å²) in [7, 11) is 0. The molecule has 0 aliphatic carbocycles. The lowest BCUT2D eigenvalue weighted by Gasteiger charge is -2.26. The SMILES string of the molecule is CC(C)(C)CC(CC(=O)O)NC(=O)CC1CCCN1. The second kappa shape index (κ2) is 6.89. The van der Waals surface area contributed by atoms with Gasteiger partial charge in [0.05, 0.1) is 6.42 Å². The van der Waals surface area contributed by atoms with Crippen molar-refractivity contribution in [3.8, 4) is 0 Å². The van der Waals surface area contributed by atoms with Gasteiger partial charge >= 0.3 is 5.97 Å². The van der Waals surface area contributed by atoms with Crippen molar-refractivity contribution in [1.82, 2.24) is 10.6 Å². The number of carboxylic acid groups (broad SMARTS) is 1. The molecule has 0 aromatic carbocycles. The number of rotatable bonds is 6. The van der Waals surface area contributed by atoms with Crippen LogP contribution in [0.1, 0.15) is 52.9 Å². The average Bonchev–Trinajstić information content (AvgIpc) is 2.65. The third kappa shape index (κ3) is 7.15. The predicted octanol–water partition coefficient (Wildman–Crippen LogP) is 1.52. The highest BCUT2D eigenvalue weighted by molar-refractivity contribution is 5.78. The van der Waals surface area contributed by atoms with Crippen LogP contribution in [0.3, 0.4) is 0 Å². The Balaban J connectivity index is 2.45. The topological polar surface area (TPSA) is 78.4 Å². The first-order valence-corrected chi connectivity index (χ1v) is 7.01. The summed E-state index contributed by atoms with van der Waals surface area (Å²) in [4.78, 5) is 22.8. The Morgan fingerprint density at radius 1 is 1.42 bits per heavy atom. The molecule has 0 radical (unpaired) electrons. The van der Waals surface area contributed by atoms with Crippen LogP contribution in [0.4, 0.5) is 0 Å². The normalized spacial score (nSPS) is 21.1. The van der Waals surface area contributed by atoms with Crippen LogP contribution in [0.25, 0.3) is 0 Å². The molecule has 1 heterocycles. The number of hydrogen-bond donors (Lipinski definition) is 3. The average molecular weight is 270 g/mol. The van der Waals surface area contributed by atoms with Gasteiger partial charge in [0.1, 0.15) is 0 Å². The molecule has 3 N–H and O–H groups in total. The molecular weight excluding hydrogens is 244 g/mol. The minimum absolute atomic E-state index is 0.000987. The summed E-state index contributed by atoms with van der Waals surface area (Å²) in [5, 5.41) is 15.1. The van der Waals surface area contributed by atoms with Gasteiger partial charge in [0.25, 0.3) is 0 Å². The lowest BCUT2D eigenvalue weighted by molar-refractivity contribution is -0.137. The summed E-state index contributed by atoms with van der Waals surface area (Å²) in [6, 6.07) is -0.0356. The number of carbonyl (C=O) groups is 2. The van der Waals surface area contributed by atoms with E-state index in [1.54, 1.807) is 0 Å². The molecule has 1 aliphatic rings. The number of carbonyl (C=O) groups excluding carboxylic acids is 1. The fraction of sp³-hybridized carbons (Fsp3) is 0.857. The zero-order chi connectivity index (χ0) is 14.5. The van der Waals surface area contributed by atoms with Crippen LogP contribution in [0.15, 0.2) is 0 Å². The van der Waals surface area contributed by atoms with Crippen molar-refractivity contribution >= 4 is 11.9 Å². The highest BCUT2D eigenvalue weighted by Crippen LogP contribution is 2.22. The Morgan fingerprint density at radius 3 is 2.58 bits per heavy atom. The van der Waals surface area contributed by atoms with Gasteiger partial charge in [-0.25, -0.2) is 0 Å². The van der Waals surface area contributed by atoms with Gasteiger partial charge in [0, 0.05) is 18.5 Å². The van der Waals surface area contributed by atoms with Crippen LogP contribution in [0, 0.1) is 5.41 Å². The lowest BCUT2D eigenvalue weighted by atomic mass is 9.87. The van der Waals surface area contributed by atoms with Crippen molar-refractivity contribution in [2.24, 2.45) is 5.41 Å². The maximum atomic E-state index is 11.9. The van der Waals surface area contributed by atoms with Crippen molar-refractivity contribution in [3.63, 3.8) is 0 Å². The fourth-order valence-electron chi connectivity index (χ4n) is 2.57. The van der Waals surface area contributed by atoms with Gasteiger partial charge in [0.15, 0.2) is 0 Å². The quantitative estimate of drug-likeness (QED) is 0.684. The number of nitrogens with one attached hydrogen (secondary N) is 2. The molecule has 1 saturated heterocycles. The van der Waals surface area contributed by atoms with Crippen LogP contribution in [0.5, 0.6) is 0 Å². The van der Waals surface area contributed by atoms with Gasteiger partial charge < -0.3 is 15.7 Å². The maximum absolute atomic E-state index is 11.9. The molecule has 2 atom stereocenters. The van der Waals surface area contributed by atoms with E-state index in [0.717, 1.165) is 19.4 Å². The van der Waals surface area contributed by atoms with Gasteiger partial charge in [0.2, 0.25) is 5.91 Å². The zero-order valence-electron chi connectivity index (χ0n) is 12.2. The van der Waals surface area contributed by atoms with Gasteiger partial charge in [-0.2, -0.15) is 0 Å². The Morgan fingerprint density at radius 2 is 2.11 bits per heavy atom. The van der Waals surface area contributed by atoms with Crippen LogP contribution in [0.2, 0.25) is 0 Å². The van der Waals surface area contributed by atoms with Crippen molar-refractivity contribution in [2.75, 3.05) is 6.54 Å². The van der Waals surface area contributed by atoms with E-state index in [2.05, 4.69) is 10.6 Å². The van der Waals surface area contributed by atoms with Crippen molar-refractivity contribution < 1.29 is 14.7 Å². The van der Waals surface area contributed by atoms with E-state index in [1.807, 2.05) is 20.8 Å². The highest BCUT2D eigenvalue weighted by atomic mass is 16.4. The molecule has 1 aliphatic heterocycles. The summed E-state index contributed by atoms with van der Waals surface area (Å²) < 4.78 is 0. The van der Waals surface area contributed by atoms with Crippen LogP contribution in [-0.4, -0.2) is 35.6 Å². The third-order valence-electron chi connectivity index (χ3n) is 3.24. The first kappa shape index (κ1) is 16.0. The molecule has 1 rings (SSSR count). The summed E-state index contributed by atoms with van der Waals surface area (Å²) in [5.41, 5.74) is -0.000987. The molecule has 0 saturated carbocycles. The first-order chi connectivity index (χ1) is 8.76. The molecule has 1 amide bonds. The molecular formula is C14H26N2O3. The molecule has 0 spiro atoms. The minimum Gasteiger partial charge on any atom is -0.481 e. The van der Waals surface area contributed by atoms with E-state index in [0.29, 0.717) is 12.8 Å². The smallest absolute Gasteiger partial charge is 0.305 e. The largest absolute Gasteiger partial charge is 0.481 e. The Hall–Kier alpha value is -1.10. The first-order valence-electron chi connectivity index (χ1n) is 7.01. The number of aliphatic carboxylic acids is 1. The Labute approximate surface area is 115 Å². The molecule has 19 heavy (non-hydrogen) atoms. The number of amides is 1. The molecule has 5 nitrogen and oxygen atoms in total. The van der Waals surface area contributed by atoms with Crippen molar-refractivity contribution in [1.29, 1.82) is 0 Å². The minimum atomic E-state index is -0.867. The summed E-state index contributed by atoms with van der Waals surface area (Å²) in [6.45, 7) is 7.12. The van der Waals surface area contributed by atoms with Gasteiger partial charge in [-0.05, 0) is 31.2 Å². The van der Waals surface area contributed by atoms with Crippen molar-refractivity contribution in [3.05, 3.63) is 0 Å². The summed E-state index contributed by atoms with van der Waals surface area (Å²) >= 11 is 0. The molecule has 0 aromatic heterocycles. The van der Waals surface area contributed by atoms with E-state index in [4.69, 9.17) is 5.11 Å². The van der Waals surface area contributed by atoms with Crippen molar-refractivity contribution in [2.45, 2.75) is 65.0 Å². The highest BCUT2D eigenvalue weighted by Gasteiger charge is 2.24. The second-order valence-corrected chi connectivity index (χ2v) is 6.62. The molecule has 1 fully saturated rings. The van der Waals surface area contributed by atoms with Crippen LogP contribution >= 0.6 is 0 Å². The van der Waals surface area contributed by atoms with E-state index in [1.165, 1.54) is 0 Å². The number of carboxylic acids is 1. The zero-order valence-corrected chi connectivity index (χ0v) is 12.2. The maximum Gasteiger partial charge on any atom is 0.305 e. The Kier molecular flexibility index (Phi) is 5.79. The van der Waals surface area contributed by atoms with Gasteiger partial charge in [-0.1, -0.05) is 20.8 Å². The summed E-state index contributed by atoms with van der Waals surface area (Å²) in [6.07, 6.45) is 3.24. The second-order valence-electron chi connectivity index (χ2n) is 6.62. The van der Waals surface area contributed by atoms with Gasteiger partial charge in [-0.15, -0.1) is 0 Å². The van der Waals surface area contributed by atoms with E-state index in [-0.39, 0.29) is 29.8 Å². The van der Waals surface area contributed by atoms with E-state index in [9.17, 15) is 9.59 Å². The third-order valence-corrected chi connectivity index (χ3v) is 3.24. The molecule has 2 unspecified atom stereocenters. The molecule has 5 heteroatoms. The fourth-order valence-corrected chi connectivity index (χ4v) is 2.57. The summed E-state index contributed by atoms with van der Waals surface area (Å²) in [5.74, 6) is -0.913. The predicted molar refractivity (Wildman–Crippen MR) is 73.9 cm³/mol. The van der Waals surface area contributed by atoms with Gasteiger partial charge in [-0.3, -0.25) is 9.59 Å².